The van der Waals surface area contributed by atoms with Crippen molar-refractivity contribution in [3.63, 3.8) is 0 Å². The molecule has 1 aromatic heterocycles. The summed E-state index contributed by atoms with van der Waals surface area (Å²) < 4.78 is 0.975. The molecule has 0 atom stereocenters. The van der Waals surface area contributed by atoms with E-state index in [4.69, 9.17) is 5.11 Å². The third-order valence-corrected chi connectivity index (χ3v) is 2.18. The summed E-state index contributed by atoms with van der Waals surface area (Å²) in [5, 5.41) is 8.91. The Kier molecular flexibility index (Phi) is 2.51. The van der Waals surface area contributed by atoms with Crippen LogP contribution < -0.4 is 0 Å². The van der Waals surface area contributed by atoms with Gasteiger partial charge < -0.3 is 5.11 Å². The van der Waals surface area contributed by atoms with Crippen molar-refractivity contribution in [3.8, 4) is 11.4 Å². The molecule has 0 aliphatic heterocycles. The Hall–Kier alpha value is -2.43. The first kappa shape index (κ1) is 10.1. The standard InChI is InChI=1S/C11H8N2O3/c14-7-8-3-1-2-4-9(8)10-12-5-6-13(10)11(15)16/h1-7H,(H,15,16). The Bertz CT molecular complexity index is 546. The molecule has 0 spiro atoms. The lowest BCUT2D eigenvalue weighted by Crippen LogP contribution is -2.09. The van der Waals surface area contributed by atoms with Gasteiger partial charge in [-0.25, -0.2) is 14.3 Å². The summed E-state index contributed by atoms with van der Waals surface area (Å²) in [6.45, 7) is 0. The number of nitrogens with zero attached hydrogens (tertiary/aromatic N) is 2. The largest absolute Gasteiger partial charge is 0.464 e. The Balaban J connectivity index is 2.63. The van der Waals surface area contributed by atoms with E-state index in [1.807, 2.05) is 0 Å². The van der Waals surface area contributed by atoms with E-state index in [0.29, 0.717) is 17.4 Å². The topological polar surface area (TPSA) is 72.2 Å². The number of carbonyl (C=O) groups excluding carboxylic acids is 1. The van der Waals surface area contributed by atoms with Crippen molar-refractivity contribution < 1.29 is 14.7 Å². The van der Waals surface area contributed by atoms with E-state index in [-0.39, 0.29) is 5.82 Å². The average Bonchev–Trinajstić information content (AvgIpc) is 2.77. The molecule has 0 saturated heterocycles. The summed E-state index contributed by atoms with van der Waals surface area (Å²) in [6, 6.07) is 6.71. The average molecular weight is 216 g/mol. The predicted octanol–water partition coefficient (Wildman–Crippen LogP) is 1.89. The third kappa shape index (κ3) is 1.58. The molecular formula is C11H8N2O3. The first-order chi connectivity index (χ1) is 7.74. The van der Waals surface area contributed by atoms with E-state index in [0.717, 1.165) is 4.57 Å². The summed E-state index contributed by atoms with van der Waals surface area (Å²) >= 11 is 0. The molecule has 0 radical (unpaired) electrons. The number of hydrogen-bond acceptors (Lipinski definition) is 3. The molecule has 5 heteroatoms. The number of imidazole rings is 1. The maximum Gasteiger partial charge on any atom is 0.417 e. The van der Waals surface area contributed by atoms with Crippen molar-refractivity contribution in [3.05, 3.63) is 42.2 Å². The molecule has 0 fully saturated rings. The lowest BCUT2D eigenvalue weighted by Gasteiger charge is -2.04. The van der Waals surface area contributed by atoms with Gasteiger partial charge in [0.25, 0.3) is 0 Å². The predicted molar refractivity (Wildman–Crippen MR) is 56.5 cm³/mol. The second-order valence-corrected chi connectivity index (χ2v) is 3.11. The summed E-state index contributed by atoms with van der Waals surface area (Å²) in [4.78, 5) is 25.6. The molecule has 0 saturated carbocycles. The molecule has 0 aliphatic carbocycles. The highest BCUT2D eigenvalue weighted by atomic mass is 16.4. The van der Waals surface area contributed by atoms with Gasteiger partial charge in [-0.3, -0.25) is 4.79 Å². The zero-order valence-corrected chi connectivity index (χ0v) is 8.20. The van der Waals surface area contributed by atoms with E-state index < -0.39 is 6.09 Å². The van der Waals surface area contributed by atoms with Crippen molar-refractivity contribution in [2.24, 2.45) is 0 Å². The highest BCUT2D eigenvalue weighted by molar-refractivity contribution is 5.87. The molecule has 0 aliphatic rings. The number of aromatic nitrogens is 2. The minimum absolute atomic E-state index is 0.246. The third-order valence-electron chi connectivity index (χ3n) is 2.18. The molecule has 0 bridgehead atoms. The van der Waals surface area contributed by atoms with Gasteiger partial charge in [0.1, 0.15) is 5.82 Å². The first-order valence-electron chi connectivity index (χ1n) is 4.55. The van der Waals surface area contributed by atoms with Crippen molar-refractivity contribution >= 4 is 12.4 Å². The maximum atomic E-state index is 10.9. The SMILES string of the molecule is O=Cc1ccccc1-c1nccn1C(=O)O. The lowest BCUT2D eigenvalue weighted by molar-refractivity contribution is 0.112. The van der Waals surface area contributed by atoms with E-state index in [1.54, 1.807) is 24.3 Å². The molecule has 5 nitrogen and oxygen atoms in total. The molecular weight excluding hydrogens is 208 g/mol. The Labute approximate surface area is 91.0 Å². The minimum Gasteiger partial charge on any atom is -0.464 e. The van der Waals surface area contributed by atoms with Gasteiger partial charge in [0, 0.05) is 23.5 Å². The van der Waals surface area contributed by atoms with Crippen LogP contribution in [0.5, 0.6) is 0 Å². The number of aldehydes is 1. The number of rotatable bonds is 2. The highest BCUT2D eigenvalue weighted by Gasteiger charge is 2.13. The zero-order chi connectivity index (χ0) is 11.5. The van der Waals surface area contributed by atoms with Crippen molar-refractivity contribution in [1.82, 2.24) is 9.55 Å². The van der Waals surface area contributed by atoms with Crippen LogP contribution in [0.4, 0.5) is 4.79 Å². The summed E-state index contributed by atoms with van der Waals surface area (Å²) in [6.07, 6.45) is 2.26. The van der Waals surface area contributed by atoms with Gasteiger partial charge >= 0.3 is 6.09 Å². The van der Waals surface area contributed by atoms with Crippen LogP contribution in [0.1, 0.15) is 10.4 Å². The fourth-order valence-corrected chi connectivity index (χ4v) is 1.46. The van der Waals surface area contributed by atoms with Crippen LogP contribution in [0.15, 0.2) is 36.7 Å². The quantitative estimate of drug-likeness (QED) is 0.778. The second kappa shape index (κ2) is 3.98. The van der Waals surface area contributed by atoms with Gasteiger partial charge in [0.2, 0.25) is 0 Å². The molecule has 1 aromatic carbocycles. The van der Waals surface area contributed by atoms with Crippen LogP contribution >= 0.6 is 0 Å². The van der Waals surface area contributed by atoms with Crippen molar-refractivity contribution in [2.75, 3.05) is 0 Å². The van der Waals surface area contributed by atoms with E-state index >= 15 is 0 Å². The monoisotopic (exact) mass is 216 g/mol. The van der Waals surface area contributed by atoms with Crippen LogP contribution in [-0.2, 0) is 0 Å². The van der Waals surface area contributed by atoms with Crippen LogP contribution in [0.3, 0.4) is 0 Å². The lowest BCUT2D eigenvalue weighted by atomic mass is 10.1. The van der Waals surface area contributed by atoms with E-state index in [9.17, 15) is 9.59 Å². The van der Waals surface area contributed by atoms with Gasteiger partial charge in [-0.05, 0) is 0 Å². The maximum absolute atomic E-state index is 10.9. The Morgan fingerprint density at radius 3 is 2.81 bits per heavy atom. The summed E-state index contributed by atoms with van der Waals surface area (Å²) in [7, 11) is 0. The van der Waals surface area contributed by atoms with Gasteiger partial charge in [-0.2, -0.15) is 0 Å². The summed E-state index contributed by atoms with van der Waals surface area (Å²) in [5.41, 5.74) is 0.918. The number of carbonyl (C=O) groups is 2. The van der Waals surface area contributed by atoms with Gasteiger partial charge in [-0.15, -0.1) is 0 Å². The van der Waals surface area contributed by atoms with Gasteiger partial charge in [0.05, 0.1) is 0 Å². The van der Waals surface area contributed by atoms with Gasteiger partial charge in [0.15, 0.2) is 6.29 Å². The van der Waals surface area contributed by atoms with E-state index in [1.165, 1.54) is 12.4 Å². The minimum atomic E-state index is -1.13. The summed E-state index contributed by atoms with van der Waals surface area (Å²) in [5.74, 6) is 0.246. The van der Waals surface area contributed by atoms with Crippen LogP contribution in [-0.4, -0.2) is 27.0 Å². The van der Waals surface area contributed by atoms with E-state index in [2.05, 4.69) is 4.98 Å². The second-order valence-electron chi connectivity index (χ2n) is 3.11. The molecule has 1 heterocycles. The molecule has 0 amide bonds. The van der Waals surface area contributed by atoms with Crippen molar-refractivity contribution in [2.45, 2.75) is 0 Å². The number of benzene rings is 1. The molecule has 1 N–H and O–H groups in total. The molecule has 0 unspecified atom stereocenters. The number of hydrogen-bond donors (Lipinski definition) is 1. The molecule has 2 rings (SSSR count). The zero-order valence-electron chi connectivity index (χ0n) is 8.20. The van der Waals surface area contributed by atoms with Crippen LogP contribution in [0, 0.1) is 0 Å². The smallest absolute Gasteiger partial charge is 0.417 e. The van der Waals surface area contributed by atoms with Crippen LogP contribution in [0.25, 0.3) is 11.4 Å². The molecule has 80 valence electrons. The Morgan fingerprint density at radius 1 is 1.38 bits per heavy atom. The van der Waals surface area contributed by atoms with Crippen LogP contribution in [0.2, 0.25) is 0 Å². The van der Waals surface area contributed by atoms with Gasteiger partial charge in [-0.1, -0.05) is 24.3 Å². The highest BCUT2D eigenvalue weighted by Crippen LogP contribution is 2.20. The Morgan fingerprint density at radius 2 is 2.12 bits per heavy atom. The fourth-order valence-electron chi connectivity index (χ4n) is 1.46. The first-order valence-corrected chi connectivity index (χ1v) is 4.55. The van der Waals surface area contributed by atoms with Crippen molar-refractivity contribution in [1.29, 1.82) is 0 Å². The molecule has 2 aromatic rings. The normalized spacial score (nSPS) is 10.0. The number of carboxylic acid groups (broad SMARTS) is 1. The fraction of sp³-hybridized carbons (Fsp3) is 0. The molecule has 16 heavy (non-hydrogen) atoms.